The minimum absolute atomic E-state index is 0.137. The van der Waals surface area contributed by atoms with E-state index < -0.39 is 28.3 Å². The first-order valence-electron chi connectivity index (χ1n) is 9.36. The largest absolute Gasteiger partial charge is 0.494 e. The SMILES string of the molecule is CCOc1ccc(N(CC(=O)Nc2ccc(Cl)cc2)S(=O)(=O)c2ccc(F)cc2)cc1. The van der Waals surface area contributed by atoms with Crippen LogP contribution in [0.3, 0.4) is 0 Å². The summed E-state index contributed by atoms with van der Waals surface area (Å²) in [5.74, 6) is -0.551. The van der Waals surface area contributed by atoms with E-state index in [-0.39, 0.29) is 10.6 Å². The molecule has 0 aliphatic rings. The van der Waals surface area contributed by atoms with Gasteiger partial charge in [0.1, 0.15) is 18.1 Å². The van der Waals surface area contributed by atoms with E-state index in [0.29, 0.717) is 23.1 Å². The van der Waals surface area contributed by atoms with Crippen molar-refractivity contribution in [3.63, 3.8) is 0 Å². The van der Waals surface area contributed by atoms with Gasteiger partial charge in [-0.1, -0.05) is 11.6 Å². The first-order chi connectivity index (χ1) is 14.8. The second kappa shape index (κ2) is 9.80. The molecule has 162 valence electrons. The Labute approximate surface area is 185 Å². The Kier molecular flexibility index (Phi) is 7.14. The molecule has 6 nitrogen and oxygen atoms in total. The van der Waals surface area contributed by atoms with Gasteiger partial charge in [0.05, 0.1) is 17.2 Å². The van der Waals surface area contributed by atoms with Gasteiger partial charge in [-0.2, -0.15) is 0 Å². The van der Waals surface area contributed by atoms with Crippen molar-refractivity contribution in [3.8, 4) is 5.75 Å². The summed E-state index contributed by atoms with van der Waals surface area (Å²) >= 11 is 5.85. The molecule has 31 heavy (non-hydrogen) atoms. The number of halogens is 2. The fraction of sp³-hybridized carbons (Fsp3) is 0.136. The Hall–Kier alpha value is -3.10. The minimum atomic E-state index is -4.15. The van der Waals surface area contributed by atoms with Crippen LogP contribution in [0, 0.1) is 5.82 Å². The van der Waals surface area contributed by atoms with Crippen molar-refractivity contribution < 1.29 is 22.3 Å². The molecule has 0 aromatic heterocycles. The highest BCUT2D eigenvalue weighted by molar-refractivity contribution is 7.92. The van der Waals surface area contributed by atoms with Gasteiger partial charge < -0.3 is 10.1 Å². The van der Waals surface area contributed by atoms with Crippen molar-refractivity contribution in [2.45, 2.75) is 11.8 Å². The lowest BCUT2D eigenvalue weighted by Crippen LogP contribution is -2.38. The zero-order valence-electron chi connectivity index (χ0n) is 16.6. The summed E-state index contributed by atoms with van der Waals surface area (Å²) in [6.07, 6.45) is 0. The monoisotopic (exact) mass is 462 g/mol. The quantitative estimate of drug-likeness (QED) is 0.526. The molecule has 3 aromatic rings. The first kappa shape index (κ1) is 22.6. The highest BCUT2D eigenvalue weighted by Gasteiger charge is 2.27. The van der Waals surface area contributed by atoms with Gasteiger partial charge in [0.2, 0.25) is 5.91 Å². The molecule has 3 aromatic carbocycles. The van der Waals surface area contributed by atoms with E-state index in [2.05, 4.69) is 5.32 Å². The molecule has 1 N–H and O–H groups in total. The van der Waals surface area contributed by atoms with Gasteiger partial charge in [-0.3, -0.25) is 9.10 Å². The van der Waals surface area contributed by atoms with Crippen molar-refractivity contribution in [2.24, 2.45) is 0 Å². The number of hydrogen-bond donors (Lipinski definition) is 1. The Balaban J connectivity index is 1.92. The molecule has 0 saturated carbocycles. The van der Waals surface area contributed by atoms with E-state index in [1.165, 1.54) is 0 Å². The van der Waals surface area contributed by atoms with Crippen LogP contribution in [0.2, 0.25) is 5.02 Å². The molecule has 0 radical (unpaired) electrons. The van der Waals surface area contributed by atoms with E-state index in [4.69, 9.17) is 16.3 Å². The maximum atomic E-state index is 13.3. The lowest BCUT2D eigenvalue weighted by atomic mass is 10.3. The lowest BCUT2D eigenvalue weighted by molar-refractivity contribution is -0.114. The second-order valence-corrected chi connectivity index (χ2v) is 8.75. The fourth-order valence-corrected chi connectivity index (χ4v) is 4.34. The van der Waals surface area contributed by atoms with Crippen molar-refractivity contribution >= 4 is 38.9 Å². The summed E-state index contributed by atoms with van der Waals surface area (Å²) in [6, 6.07) is 17.2. The summed E-state index contributed by atoms with van der Waals surface area (Å²) in [4.78, 5) is 12.5. The standard InChI is InChI=1S/C22H20ClFN2O4S/c1-2-30-20-11-9-19(10-12-20)26(31(28,29)21-13-5-17(24)6-14-21)15-22(27)25-18-7-3-16(23)4-8-18/h3-14H,2,15H2,1H3,(H,25,27). The van der Waals surface area contributed by atoms with Gasteiger partial charge in [-0.15, -0.1) is 0 Å². The second-order valence-electron chi connectivity index (χ2n) is 6.45. The van der Waals surface area contributed by atoms with E-state index in [9.17, 15) is 17.6 Å². The van der Waals surface area contributed by atoms with Gasteiger partial charge in [0.15, 0.2) is 0 Å². The molecule has 0 fully saturated rings. The molecular formula is C22H20ClFN2O4S. The minimum Gasteiger partial charge on any atom is -0.494 e. The molecule has 0 saturated heterocycles. The van der Waals surface area contributed by atoms with Crippen LogP contribution in [-0.4, -0.2) is 27.5 Å². The number of anilines is 2. The molecule has 1 amide bonds. The Morgan fingerprint density at radius 3 is 2.19 bits per heavy atom. The lowest BCUT2D eigenvalue weighted by Gasteiger charge is -2.24. The predicted molar refractivity (Wildman–Crippen MR) is 119 cm³/mol. The molecule has 0 heterocycles. The molecule has 9 heteroatoms. The zero-order chi connectivity index (χ0) is 22.4. The van der Waals surface area contributed by atoms with Crippen LogP contribution in [0.5, 0.6) is 5.75 Å². The maximum Gasteiger partial charge on any atom is 0.264 e. The smallest absolute Gasteiger partial charge is 0.264 e. The highest BCUT2D eigenvalue weighted by atomic mass is 35.5. The summed E-state index contributed by atoms with van der Waals surface area (Å²) in [7, 11) is -4.15. The zero-order valence-corrected chi connectivity index (χ0v) is 18.2. The van der Waals surface area contributed by atoms with Gasteiger partial charge in [-0.05, 0) is 79.7 Å². The van der Waals surface area contributed by atoms with E-state index in [1.54, 1.807) is 48.5 Å². The normalized spacial score (nSPS) is 11.1. The highest BCUT2D eigenvalue weighted by Crippen LogP contribution is 2.26. The predicted octanol–water partition coefficient (Wildman–Crippen LogP) is 4.71. The van der Waals surface area contributed by atoms with Crippen LogP contribution in [0.15, 0.2) is 77.7 Å². The molecular weight excluding hydrogens is 443 g/mol. The van der Waals surface area contributed by atoms with Gasteiger partial charge in [0, 0.05) is 10.7 Å². The van der Waals surface area contributed by atoms with Crippen LogP contribution >= 0.6 is 11.6 Å². The fourth-order valence-electron chi connectivity index (χ4n) is 2.79. The third kappa shape index (κ3) is 5.74. The average Bonchev–Trinajstić information content (AvgIpc) is 2.75. The van der Waals surface area contributed by atoms with Crippen molar-refractivity contribution in [3.05, 3.63) is 83.6 Å². The molecule has 0 atom stereocenters. The Morgan fingerprint density at radius 1 is 1.00 bits per heavy atom. The van der Waals surface area contributed by atoms with E-state index in [1.807, 2.05) is 6.92 Å². The van der Waals surface area contributed by atoms with E-state index in [0.717, 1.165) is 28.6 Å². The third-order valence-electron chi connectivity index (χ3n) is 4.25. The van der Waals surface area contributed by atoms with Gasteiger partial charge >= 0.3 is 0 Å². The van der Waals surface area contributed by atoms with Crippen molar-refractivity contribution in [1.29, 1.82) is 0 Å². The van der Waals surface area contributed by atoms with Crippen molar-refractivity contribution in [2.75, 3.05) is 22.8 Å². The number of amides is 1. The van der Waals surface area contributed by atoms with Crippen LogP contribution < -0.4 is 14.4 Å². The van der Waals surface area contributed by atoms with Crippen LogP contribution in [0.4, 0.5) is 15.8 Å². The Bertz CT molecular complexity index is 1140. The van der Waals surface area contributed by atoms with Crippen LogP contribution in [0.25, 0.3) is 0 Å². The third-order valence-corrected chi connectivity index (χ3v) is 6.29. The summed E-state index contributed by atoms with van der Waals surface area (Å²) < 4.78 is 46.2. The van der Waals surface area contributed by atoms with E-state index >= 15 is 0 Å². The summed E-state index contributed by atoms with van der Waals surface area (Å²) in [6.45, 7) is 1.80. The maximum absolute atomic E-state index is 13.3. The summed E-state index contributed by atoms with van der Waals surface area (Å²) in [5, 5.41) is 3.15. The summed E-state index contributed by atoms with van der Waals surface area (Å²) in [5.41, 5.74) is 0.735. The number of sulfonamides is 1. The number of rotatable bonds is 8. The van der Waals surface area contributed by atoms with Crippen LogP contribution in [-0.2, 0) is 14.8 Å². The number of nitrogens with one attached hydrogen (secondary N) is 1. The molecule has 0 bridgehead atoms. The molecule has 3 rings (SSSR count). The number of carbonyl (C=O) groups excluding carboxylic acids is 1. The van der Waals surface area contributed by atoms with Gasteiger partial charge in [0.25, 0.3) is 10.0 Å². The number of benzene rings is 3. The Morgan fingerprint density at radius 2 is 1.61 bits per heavy atom. The molecule has 0 aliphatic carbocycles. The average molecular weight is 463 g/mol. The van der Waals surface area contributed by atoms with Crippen molar-refractivity contribution in [1.82, 2.24) is 0 Å². The number of hydrogen-bond acceptors (Lipinski definition) is 4. The first-order valence-corrected chi connectivity index (χ1v) is 11.2. The number of ether oxygens (including phenoxy) is 1. The number of nitrogens with zero attached hydrogens (tertiary/aromatic N) is 1. The molecule has 0 spiro atoms. The van der Waals surface area contributed by atoms with Crippen LogP contribution in [0.1, 0.15) is 6.92 Å². The van der Waals surface area contributed by atoms with Gasteiger partial charge in [-0.25, -0.2) is 12.8 Å². The number of carbonyl (C=O) groups is 1. The topological polar surface area (TPSA) is 75.7 Å². The molecule has 0 unspecified atom stereocenters. The molecule has 0 aliphatic heterocycles.